The Labute approximate surface area is 287 Å². The van der Waals surface area contributed by atoms with Crippen molar-refractivity contribution in [2.45, 2.75) is 0 Å². The van der Waals surface area contributed by atoms with Gasteiger partial charge < -0.3 is 8.83 Å². The van der Waals surface area contributed by atoms with Crippen molar-refractivity contribution in [1.29, 1.82) is 0 Å². The Kier molecular flexibility index (Phi) is 6.46. The summed E-state index contributed by atoms with van der Waals surface area (Å²) in [5.74, 6) is 0. The lowest BCUT2D eigenvalue weighted by atomic mass is 9.81. The van der Waals surface area contributed by atoms with Crippen LogP contribution in [-0.2, 0) is 0 Å². The zero-order valence-corrected chi connectivity index (χ0v) is 26.9. The molecule has 10 aromatic rings. The third-order valence-electron chi connectivity index (χ3n) is 9.87. The summed E-state index contributed by atoms with van der Waals surface area (Å²) in [6.07, 6.45) is 6.36. The Balaban J connectivity index is 1.32. The fraction of sp³-hybridized carbons (Fsp3) is 0. The third kappa shape index (κ3) is 4.39. The minimum Gasteiger partial charge on any atom is -0.451 e. The average Bonchev–Trinajstić information content (AvgIpc) is 3.93. The molecule has 0 amide bonds. The van der Waals surface area contributed by atoms with Gasteiger partial charge in [-0.25, -0.2) is 9.97 Å². The van der Waals surface area contributed by atoms with Gasteiger partial charge in [-0.05, 0) is 88.6 Å². The van der Waals surface area contributed by atoms with E-state index < -0.39 is 0 Å². The molecule has 0 bridgehead atoms. The van der Waals surface area contributed by atoms with Gasteiger partial charge in [-0.3, -0.25) is 0 Å². The molecule has 0 spiro atoms. The maximum Gasteiger partial charge on any atom is 0.181 e. The zero-order chi connectivity index (χ0) is 33.0. The first-order valence-electron chi connectivity index (χ1n) is 16.7. The van der Waals surface area contributed by atoms with E-state index in [4.69, 9.17) is 8.83 Å². The van der Waals surface area contributed by atoms with Gasteiger partial charge in [-0.2, -0.15) is 0 Å². The first-order valence-corrected chi connectivity index (χ1v) is 16.7. The molecular formula is C46H28N2O2. The van der Waals surface area contributed by atoms with Crippen LogP contribution < -0.4 is 0 Å². The van der Waals surface area contributed by atoms with E-state index in [1.54, 1.807) is 12.5 Å². The molecule has 0 unspecified atom stereocenters. The second-order valence-electron chi connectivity index (χ2n) is 12.6. The van der Waals surface area contributed by atoms with E-state index in [1.165, 1.54) is 78.1 Å². The van der Waals surface area contributed by atoms with Crippen molar-refractivity contribution in [2.75, 3.05) is 0 Å². The summed E-state index contributed by atoms with van der Waals surface area (Å²) in [6.45, 7) is 0. The van der Waals surface area contributed by atoms with E-state index >= 15 is 0 Å². The fourth-order valence-corrected chi connectivity index (χ4v) is 7.80. The van der Waals surface area contributed by atoms with Gasteiger partial charge in [0.15, 0.2) is 12.8 Å². The van der Waals surface area contributed by atoms with Crippen LogP contribution in [0, 0.1) is 0 Å². The molecule has 2 aromatic heterocycles. The topological polar surface area (TPSA) is 52.1 Å². The summed E-state index contributed by atoms with van der Waals surface area (Å²) in [7, 11) is 0. The second kappa shape index (κ2) is 11.4. The van der Waals surface area contributed by atoms with Gasteiger partial charge in [0.25, 0.3) is 0 Å². The minimum atomic E-state index is 0.821. The van der Waals surface area contributed by atoms with Gasteiger partial charge in [0.1, 0.15) is 23.9 Å². The summed E-state index contributed by atoms with van der Waals surface area (Å²) in [5.41, 5.74) is 10.9. The van der Waals surface area contributed by atoms with E-state index in [0.29, 0.717) is 0 Å². The average molecular weight is 641 g/mol. The molecule has 0 N–H and O–H groups in total. The summed E-state index contributed by atoms with van der Waals surface area (Å²) in [4.78, 5) is 8.86. The molecule has 4 nitrogen and oxygen atoms in total. The number of nitrogens with zero attached hydrogens (tertiary/aromatic N) is 2. The predicted octanol–water partition coefficient (Wildman–Crippen LogP) is 12.6. The molecule has 0 atom stereocenters. The van der Waals surface area contributed by atoms with Crippen LogP contribution in [0.4, 0.5) is 0 Å². The molecule has 0 radical (unpaired) electrons. The number of aromatic nitrogens is 2. The Morgan fingerprint density at radius 3 is 0.900 bits per heavy atom. The van der Waals surface area contributed by atoms with Crippen LogP contribution in [0.25, 0.3) is 99.0 Å². The first-order chi connectivity index (χ1) is 24.8. The molecule has 2 heterocycles. The van der Waals surface area contributed by atoms with Crippen LogP contribution in [0.2, 0.25) is 0 Å². The second-order valence-corrected chi connectivity index (χ2v) is 12.6. The number of hydrogen-bond donors (Lipinski definition) is 0. The number of fused-ring (bicyclic) bond motifs is 4. The highest BCUT2D eigenvalue weighted by Crippen LogP contribution is 2.50. The van der Waals surface area contributed by atoms with Gasteiger partial charge in [0.2, 0.25) is 0 Å². The molecule has 0 saturated carbocycles. The van der Waals surface area contributed by atoms with Crippen LogP contribution in [0.5, 0.6) is 0 Å². The van der Waals surface area contributed by atoms with Gasteiger partial charge in [0.05, 0.1) is 0 Å². The normalized spacial score (nSPS) is 11.6. The highest BCUT2D eigenvalue weighted by Gasteiger charge is 2.22. The molecule has 50 heavy (non-hydrogen) atoms. The molecular weight excluding hydrogens is 613 g/mol. The summed E-state index contributed by atoms with van der Waals surface area (Å²) in [6, 6.07) is 52.6. The predicted molar refractivity (Wildman–Crippen MR) is 204 cm³/mol. The van der Waals surface area contributed by atoms with Gasteiger partial charge >= 0.3 is 0 Å². The van der Waals surface area contributed by atoms with Crippen LogP contribution in [-0.4, -0.2) is 9.97 Å². The summed E-state index contributed by atoms with van der Waals surface area (Å²) >= 11 is 0. The van der Waals surface area contributed by atoms with Crippen molar-refractivity contribution in [1.82, 2.24) is 9.97 Å². The lowest BCUT2D eigenvalue weighted by Crippen LogP contribution is -1.95. The Morgan fingerprint density at radius 1 is 0.300 bits per heavy atom. The van der Waals surface area contributed by atoms with Gasteiger partial charge in [-0.15, -0.1) is 0 Å². The Bertz CT molecular complexity index is 2560. The highest BCUT2D eigenvalue weighted by molar-refractivity contribution is 6.30. The molecule has 0 fully saturated rings. The largest absolute Gasteiger partial charge is 0.451 e. The third-order valence-corrected chi connectivity index (χ3v) is 9.87. The van der Waals surface area contributed by atoms with Crippen molar-refractivity contribution in [3.05, 3.63) is 171 Å². The molecule has 0 saturated heterocycles. The molecule has 4 heteroatoms. The molecule has 234 valence electrons. The fourth-order valence-electron chi connectivity index (χ4n) is 7.80. The van der Waals surface area contributed by atoms with Crippen LogP contribution in [0.3, 0.4) is 0 Å². The van der Waals surface area contributed by atoms with E-state index in [2.05, 4.69) is 156 Å². The molecule has 8 aromatic carbocycles. The first kappa shape index (κ1) is 28.3. The zero-order valence-electron chi connectivity index (χ0n) is 26.9. The molecule has 0 aliphatic rings. The number of hydrogen-bond acceptors (Lipinski definition) is 4. The summed E-state index contributed by atoms with van der Waals surface area (Å²) in [5, 5.41) is 9.67. The smallest absolute Gasteiger partial charge is 0.181 e. The standard InChI is InChI=1S/C46H28N2O2/c1-5-19-37-33(15-1)43(31-13-9-11-29(23-31)41-25-49-27-47-41)34-16-2-6-20-38(34)45(37)46-39-21-7-3-17-35(39)44(36-18-4-8-22-40(36)46)32-14-10-12-30(24-32)42-26-50-28-48-42/h1-28H. The molecule has 0 aliphatic carbocycles. The maximum absolute atomic E-state index is 5.33. The van der Waals surface area contributed by atoms with Gasteiger partial charge in [0, 0.05) is 11.1 Å². The van der Waals surface area contributed by atoms with Crippen LogP contribution in [0.1, 0.15) is 0 Å². The quantitative estimate of drug-likeness (QED) is 0.176. The van der Waals surface area contributed by atoms with Crippen molar-refractivity contribution >= 4 is 43.1 Å². The number of rotatable bonds is 5. The Hall–Kier alpha value is -6.78. The summed E-state index contributed by atoms with van der Waals surface area (Å²) < 4.78 is 10.7. The molecule has 10 rings (SSSR count). The monoisotopic (exact) mass is 640 g/mol. The van der Waals surface area contributed by atoms with Gasteiger partial charge in [-0.1, -0.05) is 133 Å². The van der Waals surface area contributed by atoms with E-state index in [9.17, 15) is 0 Å². The van der Waals surface area contributed by atoms with Crippen LogP contribution in [0.15, 0.2) is 180 Å². The van der Waals surface area contributed by atoms with E-state index in [0.717, 1.165) is 33.6 Å². The van der Waals surface area contributed by atoms with E-state index in [-0.39, 0.29) is 0 Å². The Morgan fingerprint density at radius 2 is 0.600 bits per heavy atom. The van der Waals surface area contributed by atoms with Crippen molar-refractivity contribution in [3.8, 4) is 55.9 Å². The maximum atomic E-state index is 5.33. The lowest BCUT2D eigenvalue weighted by molar-refractivity contribution is 0.558. The van der Waals surface area contributed by atoms with Crippen molar-refractivity contribution in [2.24, 2.45) is 0 Å². The van der Waals surface area contributed by atoms with E-state index in [1.807, 2.05) is 0 Å². The minimum absolute atomic E-state index is 0.821. The number of benzene rings is 8. The lowest BCUT2D eigenvalue weighted by Gasteiger charge is -2.22. The van der Waals surface area contributed by atoms with Crippen molar-refractivity contribution < 1.29 is 8.83 Å². The number of oxazole rings is 2. The van der Waals surface area contributed by atoms with Crippen molar-refractivity contribution in [3.63, 3.8) is 0 Å². The SMILES string of the molecule is c1cc(-c2cocn2)cc(-c2c3ccccc3c(-c3c4ccccc4c(-c4cccc(-c5cocn5)c4)c4ccccc34)c3ccccc23)c1. The van der Waals surface area contributed by atoms with Crippen LogP contribution >= 0.6 is 0 Å². The highest BCUT2D eigenvalue weighted by atomic mass is 16.3. The molecule has 0 aliphatic heterocycles.